The van der Waals surface area contributed by atoms with Gasteiger partial charge in [-0.3, -0.25) is 9.20 Å². The van der Waals surface area contributed by atoms with E-state index in [0.717, 1.165) is 0 Å². The molecule has 0 N–H and O–H groups in total. The summed E-state index contributed by atoms with van der Waals surface area (Å²) in [6.07, 6.45) is 1.78. The van der Waals surface area contributed by atoms with Gasteiger partial charge in [0, 0.05) is 24.3 Å². The number of carbonyl (C=O) groups is 1. The summed E-state index contributed by atoms with van der Waals surface area (Å²) in [4.78, 5) is 19.0. The number of aromatic nitrogens is 2. The summed E-state index contributed by atoms with van der Waals surface area (Å²) in [5.41, 5.74) is 1.80. The van der Waals surface area contributed by atoms with Gasteiger partial charge in [0.1, 0.15) is 16.6 Å². The van der Waals surface area contributed by atoms with Gasteiger partial charge in [0.15, 0.2) is 9.84 Å². The summed E-state index contributed by atoms with van der Waals surface area (Å²) < 4.78 is 27.1. The smallest absolute Gasteiger partial charge is 0.272 e. The number of imidazole rings is 1. The van der Waals surface area contributed by atoms with Crippen LogP contribution in [0.4, 0.5) is 0 Å². The van der Waals surface area contributed by atoms with Crippen molar-refractivity contribution >= 4 is 33.0 Å². The Hall–Kier alpha value is -2.38. The summed E-state index contributed by atoms with van der Waals surface area (Å²) in [7, 11) is -3.48. The molecule has 1 fully saturated rings. The van der Waals surface area contributed by atoms with Gasteiger partial charge in [0.05, 0.1) is 10.6 Å². The predicted molar refractivity (Wildman–Crippen MR) is 98.3 cm³/mol. The van der Waals surface area contributed by atoms with Gasteiger partial charge in [-0.05, 0) is 43.3 Å². The van der Waals surface area contributed by atoms with Crippen LogP contribution in [0, 0.1) is 6.92 Å². The first-order valence-electron chi connectivity index (χ1n) is 8.10. The van der Waals surface area contributed by atoms with Crippen LogP contribution in [0.2, 0.25) is 5.02 Å². The van der Waals surface area contributed by atoms with Crippen LogP contribution in [0.3, 0.4) is 0 Å². The molecule has 1 saturated heterocycles. The molecule has 1 aliphatic heterocycles. The van der Waals surface area contributed by atoms with E-state index in [4.69, 9.17) is 11.6 Å². The van der Waals surface area contributed by atoms with Crippen LogP contribution in [0.5, 0.6) is 0 Å². The third kappa shape index (κ3) is 2.68. The van der Waals surface area contributed by atoms with Crippen molar-refractivity contribution in [1.29, 1.82) is 0 Å². The molecule has 1 aromatic carbocycles. The maximum Gasteiger partial charge on any atom is 0.272 e. The molecule has 0 unspecified atom stereocenters. The van der Waals surface area contributed by atoms with Crippen LogP contribution in [-0.4, -0.2) is 46.9 Å². The van der Waals surface area contributed by atoms with Crippen LogP contribution < -0.4 is 0 Å². The van der Waals surface area contributed by atoms with Crippen molar-refractivity contribution in [2.45, 2.75) is 17.1 Å². The van der Waals surface area contributed by atoms with Crippen molar-refractivity contribution in [3.05, 3.63) is 65.1 Å². The third-order valence-electron chi connectivity index (χ3n) is 4.62. The van der Waals surface area contributed by atoms with E-state index in [1.807, 2.05) is 18.2 Å². The van der Waals surface area contributed by atoms with Crippen molar-refractivity contribution in [3.63, 3.8) is 0 Å². The lowest BCUT2D eigenvalue weighted by molar-refractivity contribution is 0.0651. The second-order valence-electron chi connectivity index (χ2n) is 6.31. The molecule has 0 bridgehead atoms. The highest BCUT2D eigenvalue weighted by Crippen LogP contribution is 2.27. The molecule has 0 radical (unpaired) electrons. The number of carbonyl (C=O) groups excluding carboxylic acids is 1. The number of aryl methyl sites for hydroxylation is 1. The van der Waals surface area contributed by atoms with Crippen LogP contribution in [-0.2, 0) is 9.84 Å². The Bertz CT molecular complexity index is 1100. The molecular formula is C18H16ClN3O3S. The molecule has 0 aliphatic carbocycles. The summed E-state index contributed by atoms with van der Waals surface area (Å²) in [6, 6.07) is 11.6. The highest BCUT2D eigenvalue weighted by atomic mass is 35.5. The molecule has 2 aromatic heterocycles. The Balaban J connectivity index is 1.55. The van der Waals surface area contributed by atoms with Crippen molar-refractivity contribution in [3.8, 4) is 0 Å². The van der Waals surface area contributed by atoms with Gasteiger partial charge in [-0.2, -0.15) is 0 Å². The lowest BCUT2D eigenvalue weighted by Gasteiger charge is -2.38. The highest BCUT2D eigenvalue weighted by Gasteiger charge is 2.41. The molecule has 26 heavy (non-hydrogen) atoms. The zero-order valence-corrected chi connectivity index (χ0v) is 15.5. The quantitative estimate of drug-likeness (QED) is 0.690. The van der Waals surface area contributed by atoms with Gasteiger partial charge in [0.25, 0.3) is 5.91 Å². The van der Waals surface area contributed by atoms with Crippen LogP contribution in [0.25, 0.3) is 5.65 Å². The molecule has 8 heteroatoms. The third-order valence-corrected chi connectivity index (χ3v) is 6.98. The normalized spacial score (nSPS) is 15.2. The number of hydrogen-bond acceptors (Lipinski definition) is 4. The fourth-order valence-corrected chi connectivity index (χ4v) is 4.92. The Morgan fingerprint density at radius 2 is 1.85 bits per heavy atom. The van der Waals surface area contributed by atoms with Gasteiger partial charge in [0.2, 0.25) is 0 Å². The van der Waals surface area contributed by atoms with Crippen LogP contribution in [0.1, 0.15) is 16.2 Å². The number of pyridine rings is 1. The minimum atomic E-state index is -3.48. The summed E-state index contributed by atoms with van der Waals surface area (Å²) in [6.45, 7) is 2.12. The Labute approximate surface area is 155 Å². The second kappa shape index (κ2) is 6.10. The van der Waals surface area contributed by atoms with E-state index in [1.165, 1.54) is 12.1 Å². The Kier molecular flexibility index (Phi) is 4.00. The number of hydrogen-bond donors (Lipinski definition) is 0. The summed E-state index contributed by atoms with van der Waals surface area (Å²) >= 11 is 5.82. The molecule has 0 saturated carbocycles. The minimum Gasteiger partial charge on any atom is -0.335 e. The number of sulfone groups is 1. The number of halogens is 1. The van der Waals surface area contributed by atoms with E-state index in [2.05, 4.69) is 4.98 Å². The molecule has 134 valence electrons. The number of rotatable bonds is 3. The van der Waals surface area contributed by atoms with E-state index in [-0.39, 0.29) is 23.9 Å². The number of amides is 1. The second-order valence-corrected chi connectivity index (χ2v) is 8.97. The summed E-state index contributed by atoms with van der Waals surface area (Å²) in [5, 5.41) is -0.121. The molecule has 3 heterocycles. The van der Waals surface area contributed by atoms with Crippen molar-refractivity contribution < 1.29 is 13.2 Å². The van der Waals surface area contributed by atoms with Crippen LogP contribution in [0.15, 0.2) is 53.6 Å². The average Bonchev–Trinajstić information content (AvgIpc) is 2.89. The maximum absolute atomic E-state index is 12.8. The van der Waals surface area contributed by atoms with E-state index < -0.39 is 15.1 Å². The number of nitrogens with zero attached hydrogens (tertiary/aromatic N) is 3. The van der Waals surface area contributed by atoms with E-state index in [9.17, 15) is 13.2 Å². The fraction of sp³-hybridized carbons (Fsp3) is 0.222. The molecular weight excluding hydrogens is 374 g/mol. The number of benzene rings is 1. The van der Waals surface area contributed by atoms with Gasteiger partial charge >= 0.3 is 0 Å². The fourth-order valence-electron chi connectivity index (χ4n) is 3.14. The minimum absolute atomic E-state index is 0.170. The topological polar surface area (TPSA) is 71.8 Å². The lowest BCUT2D eigenvalue weighted by atomic mass is 10.2. The van der Waals surface area contributed by atoms with Gasteiger partial charge in [-0.25, -0.2) is 13.4 Å². The molecule has 6 nitrogen and oxygen atoms in total. The van der Waals surface area contributed by atoms with E-state index >= 15 is 0 Å². The lowest BCUT2D eigenvalue weighted by Crippen LogP contribution is -2.57. The largest absolute Gasteiger partial charge is 0.335 e. The molecule has 3 aromatic rings. The first-order chi connectivity index (χ1) is 12.4. The van der Waals surface area contributed by atoms with Crippen molar-refractivity contribution in [2.24, 2.45) is 0 Å². The first kappa shape index (κ1) is 17.1. The van der Waals surface area contributed by atoms with Crippen LogP contribution >= 0.6 is 11.6 Å². The SMILES string of the molecule is Cc1nc2ccccn2c1C(=O)N1CC(S(=O)(=O)c2ccc(Cl)cc2)C1. The highest BCUT2D eigenvalue weighted by molar-refractivity contribution is 7.92. The zero-order valence-electron chi connectivity index (χ0n) is 14.0. The summed E-state index contributed by atoms with van der Waals surface area (Å²) in [5.74, 6) is -0.205. The predicted octanol–water partition coefficient (Wildman–Crippen LogP) is 2.59. The molecule has 4 rings (SSSR count). The van der Waals surface area contributed by atoms with Crippen molar-refractivity contribution in [2.75, 3.05) is 13.1 Å². The molecule has 0 atom stereocenters. The average molecular weight is 390 g/mol. The molecule has 1 amide bonds. The standard InChI is InChI=1S/C18H16ClN3O3S/c1-12-17(22-9-3-2-4-16(22)20-12)18(23)21-10-15(11-21)26(24,25)14-7-5-13(19)6-8-14/h2-9,15H,10-11H2,1H3. The molecule has 1 aliphatic rings. The Morgan fingerprint density at radius 1 is 1.15 bits per heavy atom. The van der Waals surface area contributed by atoms with Gasteiger partial charge in [-0.15, -0.1) is 0 Å². The Morgan fingerprint density at radius 3 is 2.54 bits per heavy atom. The van der Waals surface area contributed by atoms with E-state index in [0.29, 0.717) is 22.1 Å². The zero-order chi connectivity index (χ0) is 18.5. The number of likely N-dealkylation sites (tertiary alicyclic amines) is 1. The monoisotopic (exact) mass is 389 g/mol. The number of fused-ring (bicyclic) bond motifs is 1. The van der Waals surface area contributed by atoms with E-state index in [1.54, 1.807) is 34.6 Å². The maximum atomic E-state index is 12.8. The van der Waals surface area contributed by atoms with Crippen molar-refractivity contribution in [1.82, 2.24) is 14.3 Å². The first-order valence-corrected chi connectivity index (χ1v) is 10.0. The van der Waals surface area contributed by atoms with Gasteiger partial charge < -0.3 is 4.90 Å². The molecule has 0 spiro atoms. The van der Waals surface area contributed by atoms with Gasteiger partial charge in [-0.1, -0.05) is 17.7 Å².